The zero-order chi connectivity index (χ0) is 14.0. The topological polar surface area (TPSA) is 75.6 Å². The van der Waals surface area contributed by atoms with Crippen LogP contribution in [-0.2, 0) is 22.4 Å². The number of halogens is 1. The van der Waals surface area contributed by atoms with Gasteiger partial charge in [-0.05, 0) is 23.3 Å². The van der Waals surface area contributed by atoms with E-state index < -0.39 is 12.0 Å². The van der Waals surface area contributed by atoms with Crippen LogP contribution in [0.4, 0.5) is 0 Å². The molecule has 1 aromatic rings. The fourth-order valence-electron chi connectivity index (χ4n) is 2.16. The number of ether oxygens (including phenoxy) is 1. The number of hydrogen-bond acceptors (Lipinski definition) is 3. The Hall–Kier alpha value is -1.75. The molecule has 0 radical (unpaired) electrons. The molecule has 0 bridgehead atoms. The predicted octanol–water partition coefficient (Wildman–Crippen LogP) is 1.41. The van der Waals surface area contributed by atoms with Crippen molar-refractivity contribution in [3.05, 3.63) is 28.3 Å². The van der Waals surface area contributed by atoms with Gasteiger partial charge in [-0.2, -0.15) is 0 Å². The quantitative estimate of drug-likeness (QED) is 0.876. The molecule has 0 saturated heterocycles. The van der Waals surface area contributed by atoms with Crippen molar-refractivity contribution in [1.82, 2.24) is 5.32 Å². The number of fused-ring (bicyclic) bond motifs is 1. The number of carbonyl (C=O) groups is 2. The minimum absolute atomic E-state index is 0.151. The molecule has 5 nitrogen and oxygen atoms in total. The monoisotopic (exact) mass is 283 g/mol. The number of benzene rings is 1. The van der Waals surface area contributed by atoms with Crippen molar-refractivity contribution in [1.29, 1.82) is 0 Å². The highest BCUT2D eigenvalue weighted by atomic mass is 35.5. The SMILES string of the molecule is CC(=O)NC(Cc1cc(Cl)cc2c1OCC2)C(=O)O. The number of hydrogen-bond donors (Lipinski definition) is 2. The third-order valence-electron chi connectivity index (χ3n) is 2.92. The maximum absolute atomic E-state index is 11.1. The van der Waals surface area contributed by atoms with Gasteiger partial charge in [0.15, 0.2) is 0 Å². The molecule has 2 N–H and O–H groups in total. The lowest BCUT2D eigenvalue weighted by molar-refractivity contribution is -0.141. The van der Waals surface area contributed by atoms with E-state index in [1.807, 2.05) is 6.07 Å². The van der Waals surface area contributed by atoms with Crippen LogP contribution in [-0.4, -0.2) is 29.6 Å². The summed E-state index contributed by atoms with van der Waals surface area (Å²) in [4.78, 5) is 22.2. The third kappa shape index (κ3) is 3.17. The zero-order valence-electron chi connectivity index (χ0n) is 10.4. The molecule has 1 atom stereocenters. The van der Waals surface area contributed by atoms with Crippen LogP contribution >= 0.6 is 11.6 Å². The van der Waals surface area contributed by atoms with Crippen molar-refractivity contribution in [2.45, 2.75) is 25.8 Å². The van der Waals surface area contributed by atoms with E-state index in [1.165, 1.54) is 6.92 Å². The van der Waals surface area contributed by atoms with E-state index >= 15 is 0 Å². The molecule has 102 valence electrons. The summed E-state index contributed by atoms with van der Waals surface area (Å²) < 4.78 is 5.51. The van der Waals surface area contributed by atoms with Gasteiger partial charge in [0, 0.05) is 24.8 Å². The molecule has 2 rings (SSSR count). The zero-order valence-corrected chi connectivity index (χ0v) is 11.2. The van der Waals surface area contributed by atoms with E-state index in [0.29, 0.717) is 22.9 Å². The number of carbonyl (C=O) groups excluding carboxylic acids is 1. The summed E-state index contributed by atoms with van der Waals surface area (Å²) in [5.74, 6) is -0.769. The van der Waals surface area contributed by atoms with Crippen molar-refractivity contribution < 1.29 is 19.4 Å². The Balaban J connectivity index is 2.26. The highest BCUT2D eigenvalue weighted by Crippen LogP contribution is 2.33. The minimum atomic E-state index is -1.08. The van der Waals surface area contributed by atoms with Gasteiger partial charge < -0.3 is 15.2 Å². The lowest BCUT2D eigenvalue weighted by Crippen LogP contribution is -2.41. The molecular formula is C13H14ClNO4. The molecule has 0 saturated carbocycles. The molecule has 1 aromatic carbocycles. The molecular weight excluding hydrogens is 270 g/mol. The van der Waals surface area contributed by atoms with E-state index in [-0.39, 0.29) is 12.3 Å². The van der Waals surface area contributed by atoms with E-state index in [1.54, 1.807) is 6.07 Å². The standard InChI is InChI=1S/C13H14ClNO4/c1-7(16)15-11(13(17)18)6-9-5-10(14)4-8-2-3-19-12(8)9/h4-5,11H,2-3,6H2,1H3,(H,15,16)(H,17,18). The number of aliphatic carboxylic acids is 1. The molecule has 1 unspecified atom stereocenters. The summed E-state index contributed by atoms with van der Waals surface area (Å²) >= 11 is 6.01. The Labute approximate surface area is 115 Å². The van der Waals surface area contributed by atoms with Crippen LogP contribution in [0.2, 0.25) is 5.02 Å². The van der Waals surface area contributed by atoms with E-state index in [9.17, 15) is 9.59 Å². The molecule has 0 fully saturated rings. The van der Waals surface area contributed by atoms with Gasteiger partial charge in [-0.1, -0.05) is 11.6 Å². The second kappa shape index (κ2) is 5.48. The van der Waals surface area contributed by atoms with Gasteiger partial charge >= 0.3 is 5.97 Å². The van der Waals surface area contributed by atoms with Crippen LogP contribution in [0.5, 0.6) is 5.75 Å². The number of carboxylic acids is 1. The van der Waals surface area contributed by atoms with Crippen LogP contribution < -0.4 is 10.1 Å². The number of amides is 1. The highest BCUT2D eigenvalue weighted by molar-refractivity contribution is 6.30. The number of rotatable bonds is 4. The average Bonchev–Trinajstić information content (AvgIpc) is 2.75. The molecule has 0 aliphatic carbocycles. The largest absolute Gasteiger partial charge is 0.493 e. The van der Waals surface area contributed by atoms with Gasteiger partial charge in [-0.25, -0.2) is 4.79 Å². The van der Waals surface area contributed by atoms with Crippen molar-refractivity contribution >= 4 is 23.5 Å². The van der Waals surface area contributed by atoms with E-state index in [4.69, 9.17) is 21.4 Å². The highest BCUT2D eigenvalue weighted by Gasteiger charge is 2.24. The van der Waals surface area contributed by atoms with E-state index in [0.717, 1.165) is 12.0 Å². The van der Waals surface area contributed by atoms with Crippen LogP contribution in [0.15, 0.2) is 12.1 Å². The molecule has 1 heterocycles. The lowest BCUT2D eigenvalue weighted by Gasteiger charge is -2.15. The first-order valence-electron chi connectivity index (χ1n) is 5.91. The summed E-state index contributed by atoms with van der Waals surface area (Å²) in [6.45, 7) is 1.86. The van der Waals surface area contributed by atoms with Gasteiger partial charge in [-0.3, -0.25) is 4.79 Å². The van der Waals surface area contributed by atoms with Crippen LogP contribution in [0.3, 0.4) is 0 Å². The fourth-order valence-corrected chi connectivity index (χ4v) is 2.43. The molecule has 1 aliphatic heterocycles. The van der Waals surface area contributed by atoms with Crippen molar-refractivity contribution in [2.75, 3.05) is 6.61 Å². The average molecular weight is 284 g/mol. The van der Waals surface area contributed by atoms with Crippen molar-refractivity contribution in [3.63, 3.8) is 0 Å². The summed E-state index contributed by atoms with van der Waals surface area (Å²) in [6.07, 6.45) is 0.915. The molecule has 6 heteroatoms. The molecule has 1 aliphatic rings. The Morgan fingerprint density at radius 1 is 1.53 bits per heavy atom. The molecule has 0 aromatic heterocycles. The van der Waals surface area contributed by atoms with Crippen molar-refractivity contribution in [3.8, 4) is 5.75 Å². The first-order chi connectivity index (χ1) is 8.97. The van der Waals surface area contributed by atoms with Crippen LogP contribution in [0.1, 0.15) is 18.1 Å². The Bertz CT molecular complexity index is 530. The van der Waals surface area contributed by atoms with Gasteiger partial charge in [0.2, 0.25) is 5.91 Å². The summed E-state index contributed by atoms with van der Waals surface area (Å²) in [6, 6.07) is 2.52. The minimum Gasteiger partial charge on any atom is -0.493 e. The normalized spacial score (nSPS) is 14.4. The second-order valence-corrected chi connectivity index (χ2v) is 4.88. The predicted molar refractivity (Wildman–Crippen MR) is 69.6 cm³/mol. The first kappa shape index (κ1) is 13.7. The maximum Gasteiger partial charge on any atom is 0.326 e. The second-order valence-electron chi connectivity index (χ2n) is 4.45. The summed E-state index contributed by atoms with van der Waals surface area (Å²) in [5.41, 5.74) is 1.69. The van der Waals surface area contributed by atoms with Crippen molar-refractivity contribution in [2.24, 2.45) is 0 Å². The van der Waals surface area contributed by atoms with E-state index in [2.05, 4.69) is 5.32 Å². The van der Waals surface area contributed by atoms with Crippen LogP contribution in [0.25, 0.3) is 0 Å². The van der Waals surface area contributed by atoms with Gasteiger partial charge in [0.25, 0.3) is 0 Å². The first-order valence-corrected chi connectivity index (χ1v) is 6.29. The Morgan fingerprint density at radius 2 is 2.26 bits per heavy atom. The Kier molecular flexibility index (Phi) is 3.95. The number of carboxylic acid groups (broad SMARTS) is 1. The van der Waals surface area contributed by atoms with Gasteiger partial charge in [0.05, 0.1) is 6.61 Å². The Morgan fingerprint density at radius 3 is 2.89 bits per heavy atom. The molecule has 1 amide bonds. The van der Waals surface area contributed by atoms with Gasteiger partial charge in [-0.15, -0.1) is 0 Å². The third-order valence-corrected chi connectivity index (χ3v) is 3.14. The van der Waals surface area contributed by atoms with Gasteiger partial charge in [0.1, 0.15) is 11.8 Å². The summed E-state index contributed by atoms with van der Waals surface area (Å²) in [7, 11) is 0. The summed E-state index contributed by atoms with van der Waals surface area (Å²) in [5, 5.41) is 12.1. The fraction of sp³-hybridized carbons (Fsp3) is 0.385. The van der Waals surface area contributed by atoms with Crippen LogP contribution in [0, 0.1) is 0 Å². The lowest BCUT2D eigenvalue weighted by atomic mass is 10.0. The maximum atomic E-state index is 11.1. The molecule has 19 heavy (non-hydrogen) atoms. The smallest absolute Gasteiger partial charge is 0.326 e. The molecule has 0 spiro atoms. The number of nitrogens with one attached hydrogen (secondary N) is 1.